The van der Waals surface area contributed by atoms with Gasteiger partial charge < -0.3 is 9.72 Å². The van der Waals surface area contributed by atoms with Crippen LogP contribution in [0.3, 0.4) is 0 Å². The third kappa shape index (κ3) is 2.21. The highest BCUT2D eigenvalue weighted by Crippen LogP contribution is 2.15. The van der Waals surface area contributed by atoms with E-state index in [0.29, 0.717) is 17.6 Å². The number of aromatic amines is 1. The first-order valence-electron chi connectivity index (χ1n) is 4.62. The van der Waals surface area contributed by atoms with Gasteiger partial charge in [-0.1, -0.05) is 34.1 Å². The molecule has 0 radical (unpaired) electrons. The van der Waals surface area contributed by atoms with Crippen LogP contribution in [0.15, 0.2) is 30.3 Å². The minimum atomic E-state index is -0.314. The van der Waals surface area contributed by atoms with Crippen molar-refractivity contribution in [1.82, 2.24) is 4.98 Å². The first-order valence-corrected chi connectivity index (χ1v) is 5.74. The van der Waals surface area contributed by atoms with Gasteiger partial charge in [-0.2, -0.15) is 0 Å². The predicted octanol–water partition coefficient (Wildman–Crippen LogP) is 2.72. The third-order valence-electron chi connectivity index (χ3n) is 2.06. The fraction of sp³-hybridized carbons (Fsp3) is 0.182. The molecule has 78 valence electrons. The van der Waals surface area contributed by atoms with Crippen LogP contribution in [0, 0.1) is 0 Å². The number of hydrogen-bond acceptors (Lipinski definition) is 2. The number of para-hydroxylation sites is 1. The molecule has 0 atom stereocenters. The van der Waals surface area contributed by atoms with Crippen molar-refractivity contribution in [2.24, 2.45) is 0 Å². The standard InChI is InChI=1S/C11H10BrNO2/c12-5-6-15-11(14)10-7-8-3-1-2-4-9(8)13-10/h1-4,7,13H,5-6H2. The lowest BCUT2D eigenvalue weighted by Crippen LogP contribution is -2.07. The summed E-state index contributed by atoms with van der Waals surface area (Å²) in [6.45, 7) is 0.383. The van der Waals surface area contributed by atoms with Crippen molar-refractivity contribution >= 4 is 32.8 Å². The van der Waals surface area contributed by atoms with Crippen LogP contribution in [-0.2, 0) is 4.74 Å². The van der Waals surface area contributed by atoms with Gasteiger partial charge >= 0.3 is 5.97 Å². The number of nitrogens with one attached hydrogen (secondary N) is 1. The van der Waals surface area contributed by atoms with E-state index in [4.69, 9.17) is 4.74 Å². The Morgan fingerprint density at radius 2 is 2.20 bits per heavy atom. The molecule has 0 amide bonds. The lowest BCUT2D eigenvalue weighted by molar-refractivity contribution is 0.0525. The van der Waals surface area contributed by atoms with Crippen LogP contribution in [0.4, 0.5) is 0 Å². The van der Waals surface area contributed by atoms with Crippen molar-refractivity contribution in [3.8, 4) is 0 Å². The van der Waals surface area contributed by atoms with Crippen molar-refractivity contribution in [2.45, 2.75) is 0 Å². The predicted molar refractivity (Wildman–Crippen MR) is 62.4 cm³/mol. The van der Waals surface area contributed by atoms with Crippen molar-refractivity contribution in [3.05, 3.63) is 36.0 Å². The molecular weight excluding hydrogens is 258 g/mol. The van der Waals surface area contributed by atoms with Gasteiger partial charge in [-0.05, 0) is 12.1 Å². The number of ether oxygens (including phenoxy) is 1. The zero-order chi connectivity index (χ0) is 10.7. The van der Waals surface area contributed by atoms with E-state index >= 15 is 0 Å². The van der Waals surface area contributed by atoms with Crippen molar-refractivity contribution in [3.63, 3.8) is 0 Å². The quantitative estimate of drug-likeness (QED) is 0.687. The number of benzene rings is 1. The number of fused-ring (bicyclic) bond motifs is 1. The van der Waals surface area contributed by atoms with Gasteiger partial charge in [0.15, 0.2) is 0 Å². The highest BCUT2D eigenvalue weighted by molar-refractivity contribution is 9.09. The second kappa shape index (κ2) is 4.49. The van der Waals surface area contributed by atoms with Crippen LogP contribution in [-0.4, -0.2) is 22.9 Å². The summed E-state index contributed by atoms with van der Waals surface area (Å²) in [6.07, 6.45) is 0. The van der Waals surface area contributed by atoms with Crippen LogP contribution in [0.1, 0.15) is 10.5 Å². The average Bonchev–Trinajstić information content (AvgIpc) is 2.69. The van der Waals surface area contributed by atoms with Gasteiger partial charge in [0, 0.05) is 16.2 Å². The Labute approximate surface area is 95.6 Å². The first-order chi connectivity index (χ1) is 7.31. The van der Waals surface area contributed by atoms with E-state index in [-0.39, 0.29) is 5.97 Å². The van der Waals surface area contributed by atoms with E-state index in [0.717, 1.165) is 10.9 Å². The number of hydrogen-bond donors (Lipinski definition) is 1. The summed E-state index contributed by atoms with van der Waals surface area (Å²) in [6, 6.07) is 9.53. The molecule has 0 spiro atoms. The summed E-state index contributed by atoms with van der Waals surface area (Å²) in [4.78, 5) is 14.5. The number of carbonyl (C=O) groups is 1. The van der Waals surface area contributed by atoms with E-state index in [9.17, 15) is 4.79 Å². The van der Waals surface area contributed by atoms with Gasteiger partial charge in [-0.25, -0.2) is 4.79 Å². The van der Waals surface area contributed by atoms with E-state index in [2.05, 4.69) is 20.9 Å². The minimum absolute atomic E-state index is 0.314. The number of aromatic nitrogens is 1. The normalized spacial score (nSPS) is 10.5. The van der Waals surface area contributed by atoms with E-state index in [1.165, 1.54) is 0 Å². The summed E-state index contributed by atoms with van der Waals surface area (Å²) in [5, 5.41) is 1.67. The molecule has 0 saturated heterocycles. The van der Waals surface area contributed by atoms with Crippen LogP contribution in [0.5, 0.6) is 0 Å². The molecule has 0 saturated carbocycles. The number of alkyl halides is 1. The number of carbonyl (C=O) groups excluding carboxylic acids is 1. The van der Waals surface area contributed by atoms with E-state index in [1.54, 1.807) is 6.07 Å². The van der Waals surface area contributed by atoms with Crippen molar-refractivity contribution in [2.75, 3.05) is 11.9 Å². The maximum absolute atomic E-state index is 11.5. The smallest absolute Gasteiger partial charge is 0.354 e. The number of H-pyrrole nitrogens is 1. The van der Waals surface area contributed by atoms with Gasteiger partial charge in [0.25, 0.3) is 0 Å². The van der Waals surface area contributed by atoms with Crippen molar-refractivity contribution in [1.29, 1.82) is 0 Å². The zero-order valence-electron chi connectivity index (χ0n) is 8.00. The Morgan fingerprint density at radius 3 is 2.93 bits per heavy atom. The molecule has 0 unspecified atom stereocenters. The van der Waals surface area contributed by atoms with Gasteiger partial charge in [-0.3, -0.25) is 0 Å². The zero-order valence-corrected chi connectivity index (χ0v) is 9.58. The molecule has 1 N–H and O–H groups in total. The monoisotopic (exact) mass is 267 g/mol. The fourth-order valence-electron chi connectivity index (χ4n) is 1.39. The first kappa shape index (κ1) is 10.2. The highest BCUT2D eigenvalue weighted by Gasteiger charge is 2.09. The van der Waals surface area contributed by atoms with Gasteiger partial charge in [0.2, 0.25) is 0 Å². The molecule has 1 heterocycles. The molecule has 0 aliphatic rings. The molecule has 2 aromatic rings. The second-order valence-corrected chi connectivity index (χ2v) is 3.89. The highest BCUT2D eigenvalue weighted by atomic mass is 79.9. The SMILES string of the molecule is O=C(OCCBr)c1cc2ccccc2[nH]1. The Morgan fingerprint density at radius 1 is 1.40 bits per heavy atom. The Bertz CT molecular complexity index is 445. The number of halogens is 1. The molecule has 0 fully saturated rings. The van der Waals surface area contributed by atoms with Gasteiger partial charge in [0.05, 0.1) is 0 Å². The topological polar surface area (TPSA) is 42.1 Å². The van der Waals surface area contributed by atoms with Crippen molar-refractivity contribution < 1.29 is 9.53 Å². The second-order valence-electron chi connectivity index (χ2n) is 3.10. The van der Waals surface area contributed by atoms with E-state index < -0.39 is 0 Å². The number of esters is 1. The molecule has 2 rings (SSSR count). The molecule has 0 aliphatic carbocycles. The van der Waals surface area contributed by atoms with E-state index in [1.807, 2.05) is 24.3 Å². The molecule has 15 heavy (non-hydrogen) atoms. The lowest BCUT2D eigenvalue weighted by Gasteiger charge is -1.98. The van der Waals surface area contributed by atoms with Crippen LogP contribution < -0.4 is 0 Å². The maximum atomic E-state index is 11.5. The van der Waals surface area contributed by atoms with Gasteiger partial charge in [-0.15, -0.1) is 0 Å². The summed E-state index contributed by atoms with van der Waals surface area (Å²) in [5.41, 5.74) is 1.44. The Kier molecular flexibility index (Phi) is 3.06. The largest absolute Gasteiger partial charge is 0.460 e. The Balaban J connectivity index is 2.25. The molecule has 3 nitrogen and oxygen atoms in total. The molecular formula is C11H10BrNO2. The minimum Gasteiger partial charge on any atom is -0.460 e. The maximum Gasteiger partial charge on any atom is 0.354 e. The van der Waals surface area contributed by atoms with Crippen LogP contribution in [0.2, 0.25) is 0 Å². The van der Waals surface area contributed by atoms with Gasteiger partial charge in [0.1, 0.15) is 12.3 Å². The summed E-state index contributed by atoms with van der Waals surface area (Å²) in [7, 11) is 0. The lowest BCUT2D eigenvalue weighted by atomic mass is 10.2. The molecule has 0 aliphatic heterocycles. The molecule has 0 bridgehead atoms. The van der Waals surface area contributed by atoms with Crippen LogP contribution >= 0.6 is 15.9 Å². The molecule has 1 aromatic heterocycles. The molecule has 4 heteroatoms. The number of rotatable bonds is 3. The van der Waals surface area contributed by atoms with Crippen LogP contribution in [0.25, 0.3) is 10.9 Å². The molecule has 1 aromatic carbocycles. The summed E-state index contributed by atoms with van der Waals surface area (Å²) >= 11 is 3.20. The Hall–Kier alpha value is -1.29. The summed E-state index contributed by atoms with van der Waals surface area (Å²) < 4.78 is 4.99. The fourth-order valence-corrected chi connectivity index (χ4v) is 1.55. The average molecular weight is 268 g/mol. The summed E-state index contributed by atoms with van der Waals surface area (Å²) in [5.74, 6) is -0.314. The third-order valence-corrected chi connectivity index (χ3v) is 2.38.